The van der Waals surface area contributed by atoms with Gasteiger partial charge in [0.15, 0.2) is 0 Å². The predicted octanol–water partition coefficient (Wildman–Crippen LogP) is 13.0. The first-order chi connectivity index (χ1) is 14.6. The fraction of sp³-hybridized carbons (Fsp3) is 0.812. The SMILES string of the molecule is C.C#C.C#CC.CC.CC.CC.CC.CC#CC.CC(C)(C)C.CCC.CCC.CCC. The second-order valence-electron chi connectivity index (χ2n) is 5.91. The molecular formula is C32H76. The van der Waals surface area contributed by atoms with Crippen LogP contribution in [0.15, 0.2) is 0 Å². The molecule has 0 spiro atoms. The van der Waals surface area contributed by atoms with Gasteiger partial charge in [0.2, 0.25) is 0 Å². The molecule has 0 atom stereocenters. The highest BCUT2D eigenvalue weighted by atomic mass is 14.0. The molecule has 0 aromatic heterocycles. The van der Waals surface area contributed by atoms with Gasteiger partial charge in [-0.15, -0.1) is 37.0 Å². The summed E-state index contributed by atoms with van der Waals surface area (Å²) < 4.78 is 0. The van der Waals surface area contributed by atoms with E-state index < -0.39 is 0 Å². The lowest BCUT2D eigenvalue weighted by Gasteiger charge is -2.05. The van der Waals surface area contributed by atoms with E-state index in [1.807, 2.05) is 69.2 Å². The third-order valence-corrected chi connectivity index (χ3v) is 0.250. The van der Waals surface area contributed by atoms with Gasteiger partial charge in [0.05, 0.1) is 0 Å². The smallest absolute Gasteiger partial charge is 0.00271 e. The summed E-state index contributed by atoms with van der Waals surface area (Å²) in [6.07, 6.45) is 16.3. The van der Waals surface area contributed by atoms with Gasteiger partial charge in [-0.05, 0) is 26.2 Å². The zero-order valence-corrected chi connectivity index (χ0v) is 26.9. The molecule has 0 nitrogen and oxygen atoms in total. The van der Waals surface area contributed by atoms with Crippen molar-refractivity contribution >= 4 is 0 Å². The second kappa shape index (κ2) is 214. The summed E-state index contributed by atoms with van der Waals surface area (Å²) in [6, 6.07) is 0. The largest absolute Gasteiger partial charge is 0.124 e. The highest BCUT2D eigenvalue weighted by molar-refractivity contribution is 4.89. The molecule has 0 aliphatic carbocycles. The average molecular weight is 461 g/mol. The molecule has 0 fully saturated rings. The van der Waals surface area contributed by atoms with Crippen LogP contribution in [0.4, 0.5) is 0 Å². The van der Waals surface area contributed by atoms with E-state index in [4.69, 9.17) is 0 Å². The number of rotatable bonds is 0. The van der Waals surface area contributed by atoms with Crippen molar-refractivity contribution in [3.05, 3.63) is 0 Å². The van der Waals surface area contributed by atoms with Crippen molar-refractivity contribution in [2.24, 2.45) is 5.41 Å². The van der Waals surface area contributed by atoms with E-state index >= 15 is 0 Å². The molecule has 0 aliphatic rings. The average Bonchev–Trinajstić information content (AvgIpc) is 2.76. The van der Waals surface area contributed by atoms with Gasteiger partial charge >= 0.3 is 0 Å². The molecule has 0 heteroatoms. The highest BCUT2D eigenvalue weighted by Crippen LogP contribution is 2.08. The molecule has 0 heterocycles. The zero-order chi connectivity index (χ0) is 28.7. The molecule has 204 valence electrons. The quantitative estimate of drug-likeness (QED) is 0.315. The summed E-state index contributed by atoms with van der Waals surface area (Å²) in [6.45, 7) is 42.8. The van der Waals surface area contributed by atoms with Gasteiger partial charge < -0.3 is 0 Å². The van der Waals surface area contributed by atoms with Crippen LogP contribution in [0.5, 0.6) is 0 Å². The standard InChI is InChI=1S/C5H12.C4H6.3C3H8.C3H4.4C2H6.C2H2.CH4/c1-5(2,3)4;1-3-4-2;4*1-3-2;5*1-2;/h1-4H3;1-2H3;3*3H2,1-2H3;1H,2H3;4*1-2H3;1-2H;1H4. The summed E-state index contributed by atoms with van der Waals surface area (Å²) in [5.74, 6) is 7.61. The van der Waals surface area contributed by atoms with E-state index in [9.17, 15) is 0 Å². The predicted molar refractivity (Wildman–Crippen MR) is 169 cm³/mol. The maximum absolute atomic E-state index is 4.60. The van der Waals surface area contributed by atoms with Crippen LogP contribution in [0.25, 0.3) is 0 Å². The summed E-state index contributed by atoms with van der Waals surface area (Å²) >= 11 is 0. The summed E-state index contributed by atoms with van der Waals surface area (Å²) in [7, 11) is 0. The minimum Gasteiger partial charge on any atom is -0.124 e. The lowest BCUT2D eigenvalue weighted by Crippen LogP contribution is -1.93. The van der Waals surface area contributed by atoms with Gasteiger partial charge in [0.1, 0.15) is 0 Å². The minimum atomic E-state index is 0. The molecule has 0 unspecified atom stereocenters. The molecule has 0 amide bonds. The van der Waals surface area contributed by atoms with Crippen molar-refractivity contribution in [2.45, 2.75) is 172 Å². The van der Waals surface area contributed by atoms with Crippen molar-refractivity contribution in [2.75, 3.05) is 0 Å². The number of hydrogen-bond acceptors (Lipinski definition) is 0. The van der Waals surface area contributed by atoms with Crippen molar-refractivity contribution in [1.82, 2.24) is 0 Å². The van der Waals surface area contributed by atoms with Crippen LogP contribution >= 0.6 is 0 Å². The van der Waals surface area contributed by atoms with E-state index in [1.54, 1.807) is 6.92 Å². The van der Waals surface area contributed by atoms with Gasteiger partial charge in [-0.2, -0.15) is 0 Å². The Morgan fingerprint density at radius 3 is 0.531 bits per heavy atom. The lowest BCUT2D eigenvalue weighted by molar-refractivity contribution is 0.469. The molecule has 0 aromatic carbocycles. The Hall–Kier alpha value is -1.32. The molecule has 0 bridgehead atoms. The Kier molecular flexibility index (Phi) is 518. The Bertz CT molecular complexity index is 202. The highest BCUT2D eigenvalue weighted by Gasteiger charge is 1.95. The first kappa shape index (κ1) is 77.5. The van der Waals surface area contributed by atoms with Crippen LogP contribution in [0, 0.1) is 42.4 Å². The monoisotopic (exact) mass is 461 g/mol. The first-order valence-electron chi connectivity index (χ1n) is 12.6. The number of hydrogen-bond donors (Lipinski definition) is 0. The van der Waals surface area contributed by atoms with E-state index in [1.165, 1.54) is 19.3 Å². The molecule has 0 saturated carbocycles. The Labute approximate surface area is 214 Å². The third-order valence-electron chi connectivity index (χ3n) is 0.250. The van der Waals surface area contributed by atoms with Gasteiger partial charge in [-0.1, -0.05) is 151 Å². The second-order valence-corrected chi connectivity index (χ2v) is 5.91. The summed E-state index contributed by atoms with van der Waals surface area (Å²) in [5.41, 5.74) is 0.500. The molecule has 32 heavy (non-hydrogen) atoms. The lowest BCUT2D eigenvalue weighted by atomic mass is 10.0. The van der Waals surface area contributed by atoms with Crippen molar-refractivity contribution in [3.63, 3.8) is 0 Å². The maximum atomic E-state index is 4.60. The van der Waals surface area contributed by atoms with Crippen LogP contribution < -0.4 is 0 Å². The van der Waals surface area contributed by atoms with Crippen LogP contribution in [0.3, 0.4) is 0 Å². The zero-order valence-electron chi connectivity index (χ0n) is 26.9. The minimum absolute atomic E-state index is 0. The van der Waals surface area contributed by atoms with E-state index in [0.29, 0.717) is 5.41 Å². The van der Waals surface area contributed by atoms with Gasteiger partial charge in [0, 0.05) is 0 Å². The topological polar surface area (TPSA) is 0 Å². The first-order valence-corrected chi connectivity index (χ1v) is 12.6. The fourth-order valence-corrected chi connectivity index (χ4v) is 0. The van der Waals surface area contributed by atoms with Crippen LogP contribution in [-0.2, 0) is 0 Å². The summed E-state index contributed by atoms with van der Waals surface area (Å²) in [5, 5.41) is 0. The Morgan fingerprint density at radius 1 is 0.500 bits per heavy atom. The fourth-order valence-electron chi connectivity index (χ4n) is 0. The third kappa shape index (κ3) is 215000. The van der Waals surface area contributed by atoms with Crippen molar-refractivity contribution in [3.8, 4) is 37.0 Å². The Balaban J connectivity index is -0.0000000140. The maximum Gasteiger partial charge on any atom is -0.00271 e. The molecule has 0 aromatic rings. The van der Waals surface area contributed by atoms with E-state index in [-0.39, 0.29) is 7.43 Å². The molecule has 0 N–H and O–H groups in total. The normalized spacial score (nSPS) is 5.06. The molecule has 0 rings (SSSR count). The van der Waals surface area contributed by atoms with E-state index in [0.717, 1.165) is 0 Å². The number of terminal acetylenes is 2. The molecule has 0 aliphatic heterocycles. The van der Waals surface area contributed by atoms with Crippen molar-refractivity contribution < 1.29 is 0 Å². The van der Waals surface area contributed by atoms with E-state index in [2.05, 4.69) is 106 Å². The Morgan fingerprint density at radius 2 is 0.531 bits per heavy atom. The van der Waals surface area contributed by atoms with Gasteiger partial charge in [0.25, 0.3) is 0 Å². The van der Waals surface area contributed by atoms with Crippen molar-refractivity contribution in [1.29, 1.82) is 0 Å². The van der Waals surface area contributed by atoms with Crippen LogP contribution in [-0.4, -0.2) is 0 Å². The molecule has 0 saturated heterocycles. The van der Waals surface area contributed by atoms with Crippen LogP contribution in [0.2, 0.25) is 0 Å². The van der Waals surface area contributed by atoms with Gasteiger partial charge in [-0.25, -0.2) is 0 Å². The van der Waals surface area contributed by atoms with Gasteiger partial charge in [-0.3, -0.25) is 0 Å². The van der Waals surface area contributed by atoms with Crippen LogP contribution in [0.1, 0.15) is 172 Å². The summed E-state index contributed by atoms with van der Waals surface area (Å²) in [4.78, 5) is 0. The molecular weight excluding hydrogens is 384 g/mol. The molecule has 0 radical (unpaired) electrons.